The van der Waals surface area contributed by atoms with Crippen LogP contribution in [0.3, 0.4) is 0 Å². The summed E-state index contributed by atoms with van der Waals surface area (Å²) < 4.78 is 8.28. The Kier molecular flexibility index (Phi) is 2.77. The Labute approximate surface area is 134 Å². The number of carbonyl (C=O) groups is 1. The van der Waals surface area contributed by atoms with Crippen LogP contribution in [0.4, 0.5) is 0 Å². The minimum Gasteiger partial charge on any atom is -0.474 e. The molecule has 0 amide bonds. The molecule has 20 heavy (non-hydrogen) atoms. The average Bonchev–Trinajstić information content (AvgIpc) is 2.41. The van der Waals surface area contributed by atoms with E-state index in [-0.39, 0.29) is 5.78 Å². The number of ketones is 1. The number of Topliss-reactive ketones (excluding diaryl/α,β-unsaturated/α-hetero) is 1. The Morgan fingerprint density at radius 3 is 2.65 bits per heavy atom. The van der Waals surface area contributed by atoms with Crippen LogP contribution in [-0.2, 0) is 17.6 Å². The van der Waals surface area contributed by atoms with Crippen LogP contribution in [0.25, 0.3) is 0 Å². The first-order chi connectivity index (χ1) is 9.57. The lowest BCUT2D eigenvalue weighted by Gasteiger charge is -2.40. The van der Waals surface area contributed by atoms with Crippen molar-refractivity contribution >= 4 is 37.6 Å². The predicted octanol–water partition coefficient (Wildman–Crippen LogP) is 4.25. The van der Waals surface area contributed by atoms with Gasteiger partial charge in [-0.15, -0.1) is 0 Å². The van der Waals surface area contributed by atoms with Crippen LogP contribution in [0.1, 0.15) is 24.0 Å². The topological polar surface area (TPSA) is 26.3 Å². The van der Waals surface area contributed by atoms with Gasteiger partial charge in [-0.1, -0.05) is 31.9 Å². The molecule has 2 aliphatic heterocycles. The van der Waals surface area contributed by atoms with Gasteiger partial charge in [0.15, 0.2) is 5.60 Å². The maximum absolute atomic E-state index is 12.7. The van der Waals surface area contributed by atoms with Crippen molar-refractivity contribution < 1.29 is 9.53 Å². The first-order valence-electron chi connectivity index (χ1n) is 6.71. The fourth-order valence-electron chi connectivity index (χ4n) is 3.32. The summed E-state index contributed by atoms with van der Waals surface area (Å²) in [5.41, 5.74) is 2.48. The third-order valence-corrected chi connectivity index (χ3v) is 5.20. The Balaban J connectivity index is 1.96. The lowest BCUT2D eigenvalue weighted by Crippen LogP contribution is -2.48. The Hall–Kier alpha value is -0.870. The van der Waals surface area contributed by atoms with Gasteiger partial charge in [0.05, 0.1) is 0 Å². The average molecular weight is 396 g/mol. The highest BCUT2D eigenvalue weighted by Crippen LogP contribution is 2.45. The molecule has 4 rings (SSSR count). The summed E-state index contributed by atoms with van der Waals surface area (Å²) in [4.78, 5) is 12.7. The minimum atomic E-state index is -0.793. The number of ether oxygens (including phenoxy) is 1. The van der Waals surface area contributed by atoms with Crippen molar-refractivity contribution in [2.45, 2.75) is 31.3 Å². The first kappa shape index (κ1) is 12.8. The molecule has 1 aromatic rings. The summed E-state index contributed by atoms with van der Waals surface area (Å²) in [5, 5.41) is 0. The Bertz CT molecular complexity index is 703. The molecule has 4 heteroatoms. The molecule has 0 saturated heterocycles. The normalized spacial score (nSPS) is 27.0. The highest BCUT2D eigenvalue weighted by atomic mass is 79.9. The summed E-state index contributed by atoms with van der Waals surface area (Å²) in [6.45, 7) is 0. The molecule has 0 aromatic heterocycles. The van der Waals surface area contributed by atoms with Crippen LogP contribution in [0, 0.1) is 0 Å². The zero-order valence-electron chi connectivity index (χ0n) is 10.7. The molecule has 102 valence electrons. The number of halogens is 2. The summed E-state index contributed by atoms with van der Waals surface area (Å²) in [6.07, 6.45) is 7.07. The van der Waals surface area contributed by atoms with Crippen molar-refractivity contribution in [1.82, 2.24) is 0 Å². The number of rotatable bonds is 0. The highest BCUT2D eigenvalue weighted by molar-refractivity contribution is 9.12. The number of fused-ring (bicyclic) bond motifs is 1. The number of aryl methyl sites for hydroxylation is 2. The van der Waals surface area contributed by atoms with Crippen molar-refractivity contribution in [3.63, 3.8) is 0 Å². The Morgan fingerprint density at radius 2 is 1.85 bits per heavy atom. The van der Waals surface area contributed by atoms with Gasteiger partial charge in [-0.3, -0.25) is 4.79 Å². The van der Waals surface area contributed by atoms with Gasteiger partial charge in [-0.25, -0.2) is 0 Å². The lowest BCUT2D eigenvalue weighted by molar-refractivity contribution is -0.128. The smallest absolute Gasteiger partial charge is 0.206 e. The van der Waals surface area contributed by atoms with E-state index in [9.17, 15) is 4.79 Å². The molecule has 3 bridgehead atoms. The van der Waals surface area contributed by atoms with Gasteiger partial charge in [-0.2, -0.15) is 0 Å². The predicted molar refractivity (Wildman–Crippen MR) is 84.2 cm³/mol. The van der Waals surface area contributed by atoms with Gasteiger partial charge < -0.3 is 4.74 Å². The van der Waals surface area contributed by atoms with E-state index in [0.29, 0.717) is 6.42 Å². The first-order valence-corrected chi connectivity index (χ1v) is 8.30. The zero-order chi connectivity index (χ0) is 13.9. The van der Waals surface area contributed by atoms with Gasteiger partial charge in [0, 0.05) is 20.9 Å². The summed E-state index contributed by atoms with van der Waals surface area (Å²) in [6, 6.07) is 4.22. The molecule has 2 heterocycles. The molecule has 0 fully saturated rings. The molecular formula is C16H12Br2O2. The van der Waals surface area contributed by atoms with E-state index in [1.165, 1.54) is 11.1 Å². The second-order valence-electron chi connectivity index (χ2n) is 5.57. The minimum absolute atomic E-state index is 0.139. The van der Waals surface area contributed by atoms with E-state index < -0.39 is 5.60 Å². The molecule has 1 aromatic carbocycles. The van der Waals surface area contributed by atoms with Gasteiger partial charge in [0.25, 0.3) is 0 Å². The molecule has 0 N–H and O–H groups in total. The summed E-state index contributed by atoms with van der Waals surface area (Å²) in [5.74, 6) is 1.06. The van der Waals surface area contributed by atoms with E-state index in [4.69, 9.17) is 4.74 Å². The monoisotopic (exact) mass is 394 g/mol. The SMILES string of the molecule is O=C1C2=CC(Br)=CC13CCc1cc(Br)cc(c1O3)CC2. The zero-order valence-corrected chi connectivity index (χ0v) is 13.9. The summed E-state index contributed by atoms with van der Waals surface area (Å²) in [7, 11) is 0. The van der Waals surface area contributed by atoms with Gasteiger partial charge in [0.1, 0.15) is 5.75 Å². The van der Waals surface area contributed by atoms with E-state index >= 15 is 0 Å². The van der Waals surface area contributed by atoms with Gasteiger partial charge in [-0.05, 0) is 54.7 Å². The number of allylic oxidation sites excluding steroid dienone is 2. The molecular weight excluding hydrogens is 384 g/mol. The van der Waals surface area contributed by atoms with Crippen molar-refractivity contribution in [2.24, 2.45) is 0 Å². The largest absolute Gasteiger partial charge is 0.474 e. The quantitative estimate of drug-likeness (QED) is 0.656. The van der Waals surface area contributed by atoms with E-state index in [1.54, 1.807) is 0 Å². The molecule has 2 nitrogen and oxygen atoms in total. The van der Waals surface area contributed by atoms with Crippen LogP contribution in [-0.4, -0.2) is 11.4 Å². The van der Waals surface area contributed by atoms with Crippen LogP contribution in [0.15, 0.2) is 38.8 Å². The van der Waals surface area contributed by atoms with Crippen molar-refractivity contribution in [2.75, 3.05) is 0 Å². The van der Waals surface area contributed by atoms with Crippen LogP contribution >= 0.6 is 31.9 Å². The summed E-state index contributed by atoms with van der Waals surface area (Å²) >= 11 is 7.09. The van der Waals surface area contributed by atoms with Gasteiger partial charge in [0.2, 0.25) is 5.78 Å². The molecule has 1 unspecified atom stereocenters. The van der Waals surface area contributed by atoms with E-state index in [1.807, 2.05) is 12.2 Å². The van der Waals surface area contributed by atoms with Crippen LogP contribution < -0.4 is 4.74 Å². The fraction of sp³-hybridized carbons (Fsp3) is 0.312. The Morgan fingerprint density at radius 1 is 1.10 bits per heavy atom. The number of carbonyl (C=O) groups excluding carboxylic acids is 1. The third kappa shape index (κ3) is 1.77. The molecule has 1 spiro atoms. The third-order valence-electron chi connectivity index (χ3n) is 4.28. The maximum atomic E-state index is 12.7. The van der Waals surface area contributed by atoms with E-state index in [2.05, 4.69) is 44.0 Å². The van der Waals surface area contributed by atoms with E-state index in [0.717, 1.165) is 39.5 Å². The molecule has 0 saturated carbocycles. The molecule has 1 atom stereocenters. The standard InChI is InChI=1S/C16H12Br2O2/c17-12-5-9-1-2-11-7-13(18)8-16(15(11)19)4-3-10(6-12)14(9)20-16/h5-8H,1-4H2. The second kappa shape index (κ2) is 4.31. The van der Waals surface area contributed by atoms with Gasteiger partial charge >= 0.3 is 0 Å². The number of hydrogen-bond donors (Lipinski definition) is 0. The van der Waals surface area contributed by atoms with Crippen molar-refractivity contribution in [1.29, 1.82) is 0 Å². The fourth-order valence-corrected chi connectivity index (χ4v) is 4.52. The molecule has 1 aliphatic carbocycles. The maximum Gasteiger partial charge on any atom is 0.206 e. The second-order valence-corrected chi connectivity index (χ2v) is 7.40. The van der Waals surface area contributed by atoms with Crippen LogP contribution in [0.2, 0.25) is 0 Å². The molecule has 0 radical (unpaired) electrons. The lowest BCUT2D eigenvalue weighted by atomic mass is 9.78. The molecule has 3 aliphatic rings. The van der Waals surface area contributed by atoms with Crippen LogP contribution in [0.5, 0.6) is 5.75 Å². The van der Waals surface area contributed by atoms with Crippen molar-refractivity contribution in [3.05, 3.63) is 49.9 Å². The highest BCUT2D eigenvalue weighted by Gasteiger charge is 2.46. The number of benzene rings is 1. The number of hydrogen-bond acceptors (Lipinski definition) is 2. The van der Waals surface area contributed by atoms with Crippen molar-refractivity contribution in [3.8, 4) is 5.75 Å².